The van der Waals surface area contributed by atoms with Crippen LogP contribution in [0.2, 0.25) is 0 Å². The average Bonchev–Trinajstić information content (AvgIpc) is 2.80. The van der Waals surface area contributed by atoms with Crippen molar-refractivity contribution in [2.24, 2.45) is 0 Å². The van der Waals surface area contributed by atoms with Crippen LogP contribution in [0.1, 0.15) is 37.3 Å². The summed E-state index contributed by atoms with van der Waals surface area (Å²) in [6.45, 7) is 4.29. The molecule has 9 heteroatoms. The maximum absolute atomic E-state index is 13.3. The number of hydrogen-bond donors (Lipinski definition) is 1. The van der Waals surface area contributed by atoms with E-state index in [4.69, 9.17) is 4.74 Å². The molecule has 0 aliphatic carbocycles. The lowest BCUT2D eigenvalue weighted by Gasteiger charge is -2.31. The van der Waals surface area contributed by atoms with Crippen molar-refractivity contribution in [3.8, 4) is 5.75 Å². The minimum Gasteiger partial charge on any atom is -0.497 e. The van der Waals surface area contributed by atoms with Crippen molar-refractivity contribution in [3.05, 3.63) is 59.7 Å². The van der Waals surface area contributed by atoms with Gasteiger partial charge >= 0.3 is 0 Å². The van der Waals surface area contributed by atoms with Crippen LogP contribution in [0.25, 0.3) is 0 Å². The number of likely N-dealkylation sites (N-methyl/N-ethyl adjacent to an activating group) is 1. The van der Waals surface area contributed by atoms with E-state index in [2.05, 4.69) is 5.32 Å². The lowest BCUT2D eigenvalue weighted by Crippen LogP contribution is -2.48. The van der Waals surface area contributed by atoms with E-state index in [1.807, 2.05) is 38.1 Å². The van der Waals surface area contributed by atoms with E-state index >= 15 is 0 Å². The molecule has 0 unspecified atom stereocenters. The van der Waals surface area contributed by atoms with Gasteiger partial charge in [-0.05, 0) is 49.6 Å². The summed E-state index contributed by atoms with van der Waals surface area (Å²) in [4.78, 5) is 27.3. The van der Waals surface area contributed by atoms with E-state index in [0.29, 0.717) is 30.8 Å². The zero-order valence-electron chi connectivity index (χ0n) is 20.6. The number of aryl methyl sites for hydroxylation is 1. The van der Waals surface area contributed by atoms with Gasteiger partial charge in [0, 0.05) is 26.6 Å². The second kappa shape index (κ2) is 12.4. The lowest BCUT2D eigenvalue weighted by molar-refractivity contribution is -0.141. The molecular formula is C25H35N3O5S. The summed E-state index contributed by atoms with van der Waals surface area (Å²) >= 11 is 0. The van der Waals surface area contributed by atoms with Gasteiger partial charge in [0.15, 0.2) is 0 Å². The zero-order valence-corrected chi connectivity index (χ0v) is 21.4. The fraction of sp³-hybridized carbons (Fsp3) is 0.440. The molecule has 186 valence electrons. The highest BCUT2D eigenvalue weighted by molar-refractivity contribution is 7.92. The number of benzene rings is 2. The van der Waals surface area contributed by atoms with E-state index in [-0.39, 0.29) is 24.8 Å². The fourth-order valence-corrected chi connectivity index (χ4v) is 4.81. The monoisotopic (exact) mass is 489 g/mol. The van der Waals surface area contributed by atoms with Crippen molar-refractivity contribution in [1.29, 1.82) is 0 Å². The first-order valence-corrected chi connectivity index (χ1v) is 13.1. The van der Waals surface area contributed by atoms with Gasteiger partial charge in [0.2, 0.25) is 21.8 Å². The first-order valence-electron chi connectivity index (χ1n) is 11.3. The van der Waals surface area contributed by atoms with Crippen molar-refractivity contribution in [3.63, 3.8) is 0 Å². The minimum absolute atomic E-state index is 0.113. The maximum Gasteiger partial charge on any atom is 0.242 e. The summed E-state index contributed by atoms with van der Waals surface area (Å²) < 4.78 is 31.2. The molecule has 2 rings (SSSR count). The third-order valence-corrected chi connectivity index (χ3v) is 6.77. The molecule has 0 saturated heterocycles. The van der Waals surface area contributed by atoms with Gasteiger partial charge in [0.25, 0.3) is 0 Å². The molecular weight excluding hydrogens is 454 g/mol. The topological polar surface area (TPSA) is 96.0 Å². The molecule has 0 saturated carbocycles. The highest BCUT2D eigenvalue weighted by Gasteiger charge is 2.28. The predicted molar refractivity (Wildman–Crippen MR) is 134 cm³/mol. The highest BCUT2D eigenvalue weighted by atomic mass is 32.2. The van der Waals surface area contributed by atoms with Crippen LogP contribution < -0.4 is 14.4 Å². The number of amides is 2. The largest absolute Gasteiger partial charge is 0.497 e. The maximum atomic E-state index is 13.3. The van der Waals surface area contributed by atoms with Crippen LogP contribution in [0.3, 0.4) is 0 Å². The molecule has 0 aliphatic heterocycles. The van der Waals surface area contributed by atoms with Crippen LogP contribution in [-0.2, 0) is 26.2 Å². The molecule has 2 aromatic carbocycles. The molecule has 0 aliphatic rings. The van der Waals surface area contributed by atoms with Crippen LogP contribution >= 0.6 is 0 Å². The number of carbonyl (C=O) groups excluding carboxylic acids is 2. The van der Waals surface area contributed by atoms with Gasteiger partial charge in [-0.25, -0.2) is 8.42 Å². The molecule has 34 heavy (non-hydrogen) atoms. The number of anilines is 1. The Morgan fingerprint density at radius 2 is 1.79 bits per heavy atom. The lowest BCUT2D eigenvalue weighted by atomic mass is 10.1. The number of hydrogen-bond acceptors (Lipinski definition) is 5. The molecule has 1 N–H and O–H groups in total. The number of methoxy groups -OCH3 is 1. The Morgan fingerprint density at radius 1 is 1.12 bits per heavy atom. The third kappa shape index (κ3) is 7.48. The van der Waals surface area contributed by atoms with Crippen LogP contribution in [0, 0.1) is 6.92 Å². The van der Waals surface area contributed by atoms with E-state index in [9.17, 15) is 18.0 Å². The smallest absolute Gasteiger partial charge is 0.242 e. The summed E-state index contributed by atoms with van der Waals surface area (Å²) in [5.41, 5.74) is 2.51. The Hall–Kier alpha value is -3.07. The van der Waals surface area contributed by atoms with E-state index < -0.39 is 16.1 Å². The number of sulfonamides is 1. The van der Waals surface area contributed by atoms with Gasteiger partial charge in [-0.1, -0.05) is 36.8 Å². The van der Waals surface area contributed by atoms with Gasteiger partial charge in [-0.2, -0.15) is 0 Å². The minimum atomic E-state index is -3.54. The van der Waals surface area contributed by atoms with Crippen molar-refractivity contribution < 1.29 is 22.7 Å². The quantitative estimate of drug-likeness (QED) is 0.494. The summed E-state index contributed by atoms with van der Waals surface area (Å²) in [7, 11) is -0.448. The molecule has 1 atom stereocenters. The van der Waals surface area contributed by atoms with Crippen LogP contribution in [0.4, 0.5) is 5.69 Å². The summed E-state index contributed by atoms with van der Waals surface area (Å²) in [6, 6.07) is 13.9. The molecule has 0 aromatic heterocycles. The third-order valence-electron chi connectivity index (χ3n) is 5.58. The first-order chi connectivity index (χ1) is 16.1. The van der Waals surface area contributed by atoms with Gasteiger partial charge in [0.05, 0.1) is 19.1 Å². The van der Waals surface area contributed by atoms with Gasteiger partial charge in [0.1, 0.15) is 11.8 Å². The molecule has 2 aromatic rings. The summed E-state index contributed by atoms with van der Waals surface area (Å²) in [5.74, 6) is 0.207. The number of ether oxygens (including phenoxy) is 1. The normalized spacial score (nSPS) is 12.0. The van der Waals surface area contributed by atoms with Crippen molar-refractivity contribution in [2.75, 3.05) is 31.3 Å². The van der Waals surface area contributed by atoms with Crippen molar-refractivity contribution in [1.82, 2.24) is 10.2 Å². The van der Waals surface area contributed by atoms with Gasteiger partial charge < -0.3 is 15.0 Å². The summed E-state index contributed by atoms with van der Waals surface area (Å²) in [6.07, 6.45) is 2.04. The standard InChI is InChI=1S/C25H35N3O5S/c1-6-23(25(30)26-3)27(18-20-10-7-9-19(2)17-20)24(29)11-8-16-28(34(5,31)32)21-12-14-22(33-4)15-13-21/h7,9-10,12-15,17,23H,6,8,11,16,18H2,1-5H3,(H,26,30)/t23-/m1/s1. The molecule has 2 amide bonds. The molecule has 0 heterocycles. The Morgan fingerprint density at radius 3 is 2.32 bits per heavy atom. The SMILES string of the molecule is CC[C@H](C(=O)NC)N(Cc1cccc(C)c1)C(=O)CCCN(c1ccc(OC)cc1)S(C)(=O)=O. The predicted octanol–water partition coefficient (Wildman–Crippen LogP) is 3.10. The van der Waals surface area contributed by atoms with Crippen LogP contribution in [0.15, 0.2) is 48.5 Å². The Labute approximate surface area is 202 Å². The number of carbonyl (C=O) groups is 2. The number of nitrogens with zero attached hydrogens (tertiary/aromatic N) is 2. The van der Waals surface area contributed by atoms with Crippen molar-refractivity contribution in [2.45, 2.75) is 45.7 Å². The van der Waals surface area contributed by atoms with E-state index in [1.54, 1.807) is 43.3 Å². The Bertz CT molecular complexity index is 1070. The summed E-state index contributed by atoms with van der Waals surface area (Å²) in [5, 5.41) is 2.64. The fourth-order valence-electron chi connectivity index (χ4n) is 3.85. The Balaban J connectivity index is 2.18. The zero-order chi connectivity index (χ0) is 25.3. The molecule has 8 nitrogen and oxygen atoms in total. The number of rotatable bonds is 12. The van der Waals surface area contributed by atoms with Crippen molar-refractivity contribution >= 4 is 27.5 Å². The first kappa shape index (κ1) is 27.2. The van der Waals surface area contributed by atoms with Gasteiger partial charge in [-0.15, -0.1) is 0 Å². The highest BCUT2D eigenvalue weighted by Crippen LogP contribution is 2.22. The van der Waals surface area contributed by atoms with Gasteiger partial charge in [-0.3, -0.25) is 13.9 Å². The molecule has 0 fully saturated rings. The van der Waals surface area contributed by atoms with Crippen LogP contribution in [-0.4, -0.2) is 58.1 Å². The molecule has 0 bridgehead atoms. The average molecular weight is 490 g/mol. The molecule has 0 spiro atoms. The Kier molecular flexibility index (Phi) is 9.92. The van der Waals surface area contributed by atoms with Crippen LogP contribution in [0.5, 0.6) is 5.75 Å². The van der Waals surface area contributed by atoms with E-state index in [0.717, 1.165) is 17.4 Å². The van der Waals surface area contributed by atoms with E-state index in [1.165, 1.54) is 4.31 Å². The second-order valence-corrected chi connectivity index (χ2v) is 10.1. The second-order valence-electron chi connectivity index (χ2n) is 8.19. The molecule has 0 radical (unpaired) electrons. The number of nitrogens with one attached hydrogen (secondary N) is 1.